The SMILES string of the molecule is Cc1ccc(S(=O)(=O)N(CC(=O)N(Cc2ccc(Cl)c(Cl)c2)[C@@H](Cc2ccccc2)C(=O)NC(C)(C)C)c2cc(C)ccc2C)cc1. The third kappa shape index (κ3) is 9.37. The number of sulfonamides is 1. The van der Waals surface area contributed by atoms with Crippen LogP contribution in [0.15, 0.2) is 95.9 Å². The molecule has 1 atom stereocenters. The number of hydrogen-bond acceptors (Lipinski definition) is 4. The van der Waals surface area contributed by atoms with Gasteiger partial charge in [-0.15, -0.1) is 0 Å². The summed E-state index contributed by atoms with van der Waals surface area (Å²) in [6, 6.07) is 25.4. The van der Waals surface area contributed by atoms with Gasteiger partial charge in [-0.1, -0.05) is 89.4 Å². The van der Waals surface area contributed by atoms with E-state index >= 15 is 0 Å². The number of amides is 2. The quantitative estimate of drug-likeness (QED) is 0.175. The lowest BCUT2D eigenvalue weighted by Gasteiger charge is -2.35. The summed E-state index contributed by atoms with van der Waals surface area (Å²) in [6.45, 7) is 10.6. The molecule has 4 aromatic rings. The van der Waals surface area contributed by atoms with Crippen LogP contribution in [0, 0.1) is 20.8 Å². The molecule has 2 amide bonds. The van der Waals surface area contributed by atoms with Crippen molar-refractivity contribution in [3.63, 3.8) is 0 Å². The highest BCUT2D eigenvalue weighted by Gasteiger charge is 2.36. The Morgan fingerprint density at radius 2 is 1.43 bits per heavy atom. The van der Waals surface area contributed by atoms with Gasteiger partial charge in [0.05, 0.1) is 20.6 Å². The summed E-state index contributed by atoms with van der Waals surface area (Å²) in [4.78, 5) is 30.2. The number of rotatable bonds is 11. The van der Waals surface area contributed by atoms with Crippen molar-refractivity contribution in [1.82, 2.24) is 10.2 Å². The molecule has 0 bridgehead atoms. The van der Waals surface area contributed by atoms with Gasteiger partial charge >= 0.3 is 0 Å². The van der Waals surface area contributed by atoms with Gasteiger partial charge in [0.2, 0.25) is 11.8 Å². The lowest BCUT2D eigenvalue weighted by Crippen LogP contribution is -2.56. The van der Waals surface area contributed by atoms with E-state index in [2.05, 4.69) is 5.32 Å². The van der Waals surface area contributed by atoms with Crippen molar-refractivity contribution in [3.05, 3.63) is 129 Å². The molecule has 0 saturated carbocycles. The largest absolute Gasteiger partial charge is 0.350 e. The molecule has 0 saturated heterocycles. The first-order valence-corrected chi connectivity index (χ1v) is 17.5. The van der Waals surface area contributed by atoms with E-state index in [9.17, 15) is 18.0 Å². The third-order valence-corrected chi connectivity index (χ3v) is 10.1. The second kappa shape index (κ2) is 14.9. The number of carbonyl (C=O) groups is 2. The van der Waals surface area contributed by atoms with Crippen molar-refractivity contribution in [2.75, 3.05) is 10.8 Å². The van der Waals surface area contributed by atoms with E-state index in [1.54, 1.807) is 43.3 Å². The Bertz CT molecular complexity index is 1840. The van der Waals surface area contributed by atoms with Crippen LogP contribution < -0.4 is 9.62 Å². The van der Waals surface area contributed by atoms with Crippen molar-refractivity contribution in [3.8, 4) is 0 Å². The average Bonchev–Trinajstić information content (AvgIpc) is 3.00. The first-order chi connectivity index (χ1) is 22.0. The number of nitrogens with zero attached hydrogens (tertiary/aromatic N) is 2. The highest BCUT2D eigenvalue weighted by Crippen LogP contribution is 2.30. The molecule has 4 aromatic carbocycles. The van der Waals surface area contributed by atoms with Crippen molar-refractivity contribution < 1.29 is 18.0 Å². The second-order valence-corrected chi connectivity index (χ2v) is 15.5. The van der Waals surface area contributed by atoms with E-state index in [0.717, 1.165) is 21.0 Å². The standard InChI is InChI=1S/C37H41Cl2N3O4S/c1-25-13-17-30(18-14-25)47(45,46)42(33-20-26(2)12-15-27(33)3)24-35(43)41(23-29-16-19-31(38)32(39)21-29)34(36(44)40-37(4,5)6)22-28-10-8-7-9-11-28/h7-21,34H,22-24H2,1-6H3,(H,40,44)/t34-/m0/s1. The molecule has 47 heavy (non-hydrogen) atoms. The van der Waals surface area contributed by atoms with Crippen molar-refractivity contribution in [1.29, 1.82) is 0 Å². The number of hydrogen-bond donors (Lipinski definition) is 1. The zero-order valence-corrected chi connectivity index (χ0v) is 29.9. The monoisotopic (exact) mass is 693 g/mol. The number of anilines is 1. The van der Waals surface area contributed by atoms with Gasteiger partial charge < -0.3 is 10.2 Å². The number of nitrogens with one attached hydrogen (secondary N) is 1. The van der Waals surface area contributed by atoms with E-state index in [0.29, 0.717) is 26.9 Å². The third-order valence-electron chi connectivity index (χ3n) is 7.63. The van der Waals surface area contributed by atoms with E-state index < -0.39 is 34.1 Å². The normalized spacial score (nSPS) is 12.3. The highest BCUT2D eigenvalue weighted by atomic mass is 35.5. The van der Waals surface area contributed by atoms with E-state index in [4.69, 9.17) is 23.2 Å². The first kappa shape index (κ1) is 36.0. The van der Waals surface area contributed by atoms with Gasteiger partial charge in [-0.2, -0.15) is 0 Å². The maximum atomic E-state index is 14.7. The summed E-state index contributed by atoms with van der Waals surface area (Å²) in [5, 5.41) is 3.68. The van der Waals surface area contributed by atoms with Gasteiger partial charge in [0.25, 0.3) is 10.0 Å². The molecule has 0 fully saturated rings. The fourth-order valence-electron chi connectivity index (χ4n) is 5.18. The molecule has 1 N–H and O–H groups in total. The summed E-state index contributed by atoms with van der Waals surface area (Å²) < 4.78 is 29.8. The molecular weight excluding hydrogens is 653 g/mol. The molecule has 0 aliphatic carbocycles. The Kier molecular flexibility index (Phi) is 11.4. The topological polar surface area (TPSA) is 86.8 Å². The number of benzene rings is 4. The van der Waals surface area contributed by atoms with Crippen LogP contribution in [0.2, 0.25) is 10.0 Å². The summed E-state index contributed by atoms with van der Waals surface area (Å²) in [5.74, 6) is -0.924. The molecule has 10 heteroatoms. The van der Waals surface area contributed by atoms with Crippen LogP contribution in [-0.4, -0.2) is 43.3 Å². The minimum Gasteiger partial charge on any atom is -0.350 e. The van der Waals surface area contributed by atoms with Gasteiger partial charge in [-0.3, -0.25) is 13.9 Å². The zero-order valence-electron chi connectivity index (χ0n) is 27.6. The van der Waals surface area contributed by atoms with Crippen LogP contribution in [0.3, 0.4) is 0 Å². The van der Waals surface area contributed by atoms with E-state index in [-0.39, 0.29) is 23.8 Å². The summed E-state index contributed by atoms with van der Waals surface area (Å²) >= 11 is 12.6. The number of halogens is 2. The van der Waals surface area contributed by atoms with Crippen molar-refractivity contribution in [2.45, 2.75) is 71.0 Å². The van der Waals surface area contributed by atoms with Crippen LogP contribution in [-0.2, 0) is 32.6 Å². The molecule has 0 aliphatic rings. The fourth-order valence-corrected chi connectivity index (χ4v) is 6.97. The van der Waals surface area contributed by atoms with Gasteiger partial charge in [0.1, 0.15) is 12.6 Å². The second-order valence-electron chi connectivity index (χ2n) is 12.8. The molecular formula is C37H41Cl2N3O4S. The fraction of sp³-hybridized carbons (Fsp3) is 0.297. The summed E-state index contributed by atoms with van der Waals surface area (Å²) in [5.41, 5.74) is 3.68. The van der Waals surface area contributed by atoms with Crippen LogP contribution in [0.25, 0.3) is 0 Å². The Hall–Kier alpha value is -3.85. The van der Waals surface area contributed by atoms with E-state index in [1.807, 2.05) is 77.1 Å². The first-order valence-electron chi connectivity index (χ1n) is 15.3. The van der Waals surface area contributed by atoms with Crippen LogP contribution in [0.1, 0.15) is 48.6 Å². The van der Waals surface area contributed by atoms with Crippen LogP contribution in [0.5, 0.6) is 0 Å². The van der Waals surface area contributed by atoms with Crippen LogP contribution >= 0.6 is 23.2 Å². The minimum absolute atomic E-state index is 0.0179. The van der Waals surface area contributed by atoms with Gasteiger partial charge in [0, 0.05) is 18.5 Å². The van der Waals surface area contributed by atoms with Crippen LogP contribution in [0.4, 0.5) is 5.69 Å². The summed E-state index contributed by atoms with van der Waals surface area (Å²) in [7, 11) is -4.21. The maximum absolute atomic E-state index is 14.7. The molecule has 0 heterocycles. The van der Waals surface area contributed by atoms with E-state index in [1.165, 1.54) is 17.0 Å². The molecule has 0 aliphatic heterocycles. The summed E-state index contributed by atoms with van der Waals surface area (Å²) in [6.07, 6.45) is 0.198. The smallest absolute Gasteiger partial charge is 0.264 e. The molecule has 248 valence electrons. The maximum Gasteiger partial charge on any atom is 0.264 e. The molecule has 7 nitrogen and oxygen atoms in total. The molecule has 0 unspecified atom stereocenters. The molecule has 0 radical (unpaired) electrons. The van der Waals surface area contributed by atoms with Crippen molar-refractivity contribution in [2.24, 2.45) is 0 Å². The highest BCUT2D eigenvalue weighted by molar-refractivity contribution is 7.92. The Balaban J connectivity index is 1.86. The lowest BCUT2D eigenvalue weighted by atomic mass is 10.0. The predicted octanol–water partition coefficient (Wildman–Crippen LogP) is 7.67. The van der Waals surface area contributed by atoms with Crippen molar-refractivity contribution >= 4 is 50.7 Å². The van der Waals surface area contributed by atoms with Gasteiger partial charge in [-0.05, 0) is 94.1 Å². The number of carbonyl (C=O) groups excluding carboxylic acids is 2. The molecule has 0 spiro atoms. The lowest BCUT2D eigenvalue weighted by molar-refractivity contribution is -0.140. The minimum atomic E-state index is -4.21. The Morgan fingerprint density at radius 1 is 0.787 bits per heavy atom. The van der Waals surface area contributed by atoms with Gasteiger partial charge in [0.15, 0.2) is 0 Å². The predicted molar refractivity (Wildman–Crippen MR) is 190 cm³/mol. The molecule has 0 aromatic heterocycles. The van der Waals surface area contributed by atoms with Gasteiger partial charge in [-0.25, -0.2) is 8.42 Å². The number of aryl methyl sites for hydroxylation is 3. The average molecular weight is 695 g/mol. The Labute approximate surface area is 288 Å². The Morgan fingerprint density at radius 3 is 2.04 bits per heavy atom. The zero-order chi connectivity index (χ0) is 34.5. The molecule has 4 rings (SSSR count).